The third kappa shape index (κ3) is 4.91. The monoisotopic (exact) mass is 233 g/mol. The highest BCUT2D eigenvalue weighted by atomic mass is 14.9. The van der Waals surface area contributed by atoms with E-state index in [0.717, 1.165) is 18.4 Å². The first-order valence-corrected chi connectivity index (χ1v) is 6.78. The van der Waals surface area contributed by atoms with Crippen LogP contribution in [-0.2, 0) is 6.42 Å². The molecule has 0 saturated carbocycles. The van der Waals surface area contributed by atoms with Gasteiger partial charge in [-0.2, -0.15) is 0 Å². The lowest BCUT2D eigenvalue weighted by Gasteiger charge is -2.23. The molecule has 0 radical (unpaired) electrons. The van der Waals surface area contributed by atoms with Crippen molar-refractivity contribution in [2.45, 2.75) is 47.1 Å². The molecule has 0 aliphatic carbocycles. The smallest absolute Gasteiger partial charge is 0.00104 e. The predicted octanol–water partition coefficient (Wildman–Crippen LogP) is 3.81. The van der Waals surface area contributed by atoms with Gasteiger partial charge in [0.2, 0.25) is 0 Å². The van der Waals surface area contributed by atoms with Gasteiger partial charge >= 0.3 is 0 Å². The quantitative estimate of drug-likeness (QED) is 0.788. The normalized spacial score (nSPS) is 13.4. The van der Waals surface area contributed by atoms with Crippen LogP contribution in [0, 0.1) is 18.8 Å². The van der Waals surface area contributed by atoms with Crippen molar-refractivity contribution in [1.82, 2.24) is 5.32 Å². The van der Waals surface area contributed by atoms with Crippen LogP contribution in [0.5, 0.6) is 0 Å². The fraction of sp³-hybridized carbons (Fsp3) is 0.625. The maximum atomic E-state index is 3.57. The van der Waals surface area contributed by atoms with Gasteiger partial charge in [0.1, 0.15) is 0 Å². The molecule has 1 nitrogen and oxygen atoms in total. The summed E-state index contributed by atoms with van der Waals surface area (Å²) in [7, 11) is 0. The molecule has 1 unspecified atom stereocenters. The minimum Gasteiger partial charge on any atom is -0.314 e. The van der Waals surface area contributed by atoms with E-state index >= 15 is 0 Å². The van der Waals surface area contributed by atoms with Gasteiger partial charge in [-0.25, -0.2) is 0 Å². The van der Waals surface area contributed by atoms with Crippen LogP contribution in [0.25, 0.3) is 0 Å². The van der Waals surface area contributed by atoms with Crippen LogP contribution in [0.15, 0.2) is 24.3 Å². The van der Waals surface area contributed by atoms with E-state index in [9.17, 15) is 0 Å². The van der Waals surface area contributed by atoms with Crippen molar-refractivity contribution in [2.75, 3.05) is 6.54 Å². The second-order valence-electron chi connectivity index (χ2n) is 5.70. The Morgan fingerprint density at radius 3 is 2.24 bits per heavy atom. The summed E-state index contributed by atoms with van der Waals surface area (Å²) in [6, 6.07) is 9.32. The molecule has 1 N–H and O–H groups in total. The van der Waals surface area contributed by atoms with Gasteiger partial charge in [0.15, 0.2) is 0 Å². The van der Waals surface area contributed by atoms with Gasteiger partial charge in [0.25, 0.3) is 0 Å². The van der Waals surface area contributed by atoms with Crippen LogP contribution < -0.4 is 5.32 Å². The van der Waals surface area contributed by atoms with Gasteiger partial charge in [0.05, 0.1) is 0 Å². The van der Waals surface area contributed by atoms with E-state index in [1.165, 1.54) is 17.5 Å². The Labute approximate surface area is 107 Å². The lowest BCUT2D eigenvalue weighted by atomic mass is 9.87. The fourth-order valence-corrected chi connectivity index (χ4v) is 2.05. The molecule has 17 heavy (non-hydrogen) atoms. The number of hydrogen-bond donors (Lipinski definition) is 1. The third-order valence-electron chi connectivity index (χ3n) is 3.47. The first-order chi connectivity index (χ1) is 8.00. The van der Waals surface area contributed by atoms with Gasteiger partial charge in [-0.05, 0) is 42.9 Å². The maximum Gasteiger partial charge on any atom is 0.00104 e. The SMILES string of the molecule is Cc1ccccc1CC(CNC(C)C)C(C)C. The van der Waals surface area contributed by atoms with E-state index in [1.54, 1.807) is 0 Å². The lowest BCUT2D eigenvalue weighted by Crippen LogP contribution is -2.32. The van der Waals surface area contributed by atoms with Gasteiger partial charge in [-0.15, -0.1) is 0 Å². The summed E-state index contributed by atoms with van der Waals surface area (Å²) < 4.78 is 0. The largest absolute Gasteiger partial charge is 0.314 e. The Bertz CT molecular complexity index is 328. The molecule has 1 aromatic rings. The second-order valence-corrected chi connectivity index (χ2v) is 5.70. The van der Waals surface area contributed by atoms with Crippen molar-refractivity contribution < 1.29 is 0 Å². The molecule has 0 aliphatic rings. The molecule has 0 spiro atoms. The summed E-state index contributed by atoms with van der Waals surface area (Å²) in [6.07, 6.45) is 1.18. The molecular formula is C16H27N. The van der Waals surface area contributed by atoms with Gasteiger partial charge in [-0.1, -0.05) is 52.0 Å². The van der Waals surface area contributed by atoms with Crippen molar-refractivity contribution >= 4 is 0 Å². The Morgan fingerprint density at radius 1 is 1.06 bits per heavy atom. The Balaban J connectivity index is 2.64. The highest BCUT2D eigenvalue weighted by Gasteiger charge is 2.15. The number of benzene rings is 1. The molecule has 0 fully saturated rings. The van der Waals surface area contributed by atoms with E-state index in [4.69, 9.17) is 0 Å². The lowest BCUT2D eigenvalue weighted by molar-refractivity contribution is 0.349. The first kappa shape index (κ1) is 14.2. The van der Waals surface area contributed by atoms with Crippen molar-refractivity contribution in [3.63, 3.8) is 0 Å². The molecule has 1 heteroatoms. The van der Waals surface area contributed by atoms with Crippen LogP contribution in [0.1, 0.15) is 38.8 Å². The maximum absolute atomic E-state index is 3.57. The summed E-state index contributed by atoms with van der Waals surface area (Å²) in [5, 5.41) is 3.57. The fourth-order valence-electron chi connectivity index (χ4n) is 2.05. The summed E-state index contributed by atoms with van der Waals surface area (Å²) in [4.78, 5) is 0. The Kier molecular flexibility index (Phi) is 5.70. The summed E-state index contributed by atoms with van der Waals surface area (Å²) >= 11 is 0. The Hall–Kier alpha value is -0.820. The molecule has 0 amide bonds. The number of rotatable bonds is 6. The van der Waals surface area contributed by atoms with E-state index in [-0.39, 0.29) is 0 Å². The zero-order valence-electron chi connectivity index (χ0n) is 12.0. The van der Waals surface area contributed by atoms with Crippen molar-refractivity contribution in [2.24, 2.45) is 11.8 Å². The zero-order chi connectivity index (χ0) is 12.8. The summed E-state index contributed by atoms with van der Waals surface area (Å²) in [6.45, 7) is 12.4. The molecule has 0 heterocycles. The minimum absolute atomic E-state index is 0.577. The van der Waals surface area contributed by atoms with E-state index in [0.29, 0.717) is 6.04 Å². The third-order valence-corrected chi connectivity index (χ3v) is 3.47. The topological polar surface area (TPSA) is 12.0 Å². The van der Waals surface area contributed by atoms with Crippen LogP contribution in [0.4, 0.5) is 0 Å². The van der Waals surface area contributed by atoms with Crippen LogP contribution in [-0.4, -0.2) is 12.6 Å². The highest BCUT2D eigenvalue weighted by Crippen LogP contribution is 2.19. The second kappa shape index (κ2) is 6.80. The minimum atomic E-state index is 0.577. The molecule has 0 aliphatic heterocycles. The average Bonchev–Trinajstić information content (AvgIpc) is 2.25. The van der Waals surface area contributed by atoms with E-state index in [1.807, 2.05) is 0 Å². The first-order valence-electron chi connectivity index (χ1n) is 6.78. The van der Waals surface area contributed by atoms with Crippen molar-refractivity contribution in [3.05, 3.63) is 35.4 Å². The molecule has 0 saturated heterocycles. The Morgan fingerprint density at radius 2 is 1.71 bits per heavy atom. The van der Waals surface area contributed by atoms with E-state index < -0.39 is 0 Å². The predicted molar refractivity (Wildman–Crippen MR) is 76.3 cm³/mol. The zero-order valence-corrected chi connectivity index (χ0v) is 12.0. The summed E-state index contributed by atoms with van der Waals surface area (Å²) in [5.41, 5.74) is 2.92. The van der Waals surface area contributed by atoms with Crippen molar-refractivity contribution in [1.29, 1.82) is 0 Å². The molecule has 1 aromatic carbocycles. The van der Waals surface area contributed by atoms with Gasteiger partial charge < -0.3 is 5.32 Å². The van der Waals surface area contributed by atoms with Crippen LogP contribution in [0.2, 0.25) is 0 Å². The van der Waals surface area contributed by atoms with Crippen LogP contribution in [0.3, 0.4) is 0 Å². The average molecular weight is 233 g/mol. The molecule has 1 rings (SSSR count). The van der Waals surface area contributed by atoms with Crippen molar-refractivity contribution in [3.8, 4) is 0 Å². The van der Waals surface area contributed by atoms with Crippen LogP contribution >= 0.6 is 0 Å². The molecular weight excluding hydrogens is 206 g/mol. The van der Waals surface area contributed by atoms with Gasteiger partial charge in [-0.3, -0.25) is 0 Å². The molecule has 1 atom stereocenters. The molecule has 0 bridgehead atoms. The molecule has 0 aromatic heterocycles. The molecule has 96 valence electrons. The summed E-state index contributed by atoms with van der Waals surface area (Å²) in [5.74, 6) is 1.44. The highest BCUT2D eigenvalue weighted by molar-refractivity contribution is 5.26. The number of aryl methyl sites for hydroxylation is 1. The standard InChI is InChI=1S/C16H27N/c1-12(2)16(11-17-13(3)4)10-15-9-7-6-8-14(15)5/h6-9,12-13,16-17H,10-11H2,1-5H3. The number of nitrogens with one attached hydrogen (secondary N) is 1. The van der Waals surface area contributed by atoms with E-state index in [2.05, 4.69) is 64.2 Å². The van der Waals surface area contributed by atoms with Gasteiger partial charge in [0, 0.05) is 6.04 Å². The number of hydrogen-bond acceptors (Lipinski definition) is 1.